The van der Waals surface area contributed by atoms with Crippen molar-refractivity contribution in [1.29, 1.82) is 0 Å². The molecule has 0 amide bonds. The van der Waals surface area contributed by atoms with Gasteiger partial charge in [0.25, 0.3) is 0 Å². The third-order valence-electron chi connectivity index (χ3n) is 11.5. The van der Waals surface area contributed by atoms with Gasteiger partial charge in [0, 0.05) is 12.1 Å². The average molecular weight is 483 g/mol. The second-order valence-electron chi connectivity index (χ2n) is 13.1. The van der Waals surface area contributed by atoms with Gasteiger partial charge in [0.1, 0.15) is 5.75 Å². The number of aliphatic carboxylic acids is 1. The van der Waals surface area contributed by atoms with Crippen LogP contribution in [-0.2, 0) is 4.79 Å². The van der Waals surface area contributed by atoms with E-state index in [1.807, 2.05) is 12.1 Å². The van der Waals surface area contributed by atoms with Crippen molar-refractivity contribution in [3.63, 3.8) is 0 Å². The minimum absolute atomic E-state index is 0.246. The Morgan fingerprint density at radius 3 is 2.54 bits per heavy atom. The first-order valence-corrected chi connectivity index (χ1v) is 14.1. The molecule has 1 aromatic carbocycles. The Bertz CT molecular complexity index is 950. The van der Waals surface area contributed by atoms with E-state index < -0.39 is 5.97 Å². The van der Waals surface area contributed by atoms with Crippen LogP contribution in [0.4, 0.5) is 11.4 Å². The molecule has 0 spiro atoms. The lowest BCUT2D eigenvalue weighted by atomic mass is 9.44. The number of carbonyl (C=O) groups is 1. The quantitative estimate of drug-likeness (QED) is 0.389. The van der Waals surface area contributed by atoms with Gasteiger partial charge in [-0.2, -0.15) is 0 Å². The van der Waals surface area contributed by atoms with Crippen molar-refractivity contribution in [2.75, 3.05) is 11.5 Å². The highest BCUT2D eigenvalue weighted by Gasteiger charge is 2.60. The van der Waals surface area contributed by atoms with Crippen LogP contribution in [0, 0.1) is 46.3 Å². The van der Waals surface area contributed by atoms with Gasteiger partial charge in [-0.3, -0.25) is 4.79 Å². The van der Waals surface area contributed by atoms with E-state index >= 15 is 0 Å². The highest BCUT2D eigenvalue weighted by atomic mass is 16.5. The normalized spacial score (nSPS) is 41.3. The molecule has 0 heterocycles. The van der Waals surface area contributed by atoms with Crippen LogP contribution in [0.15, 0.2) is 18.2 Å². The molecule has 5 heteroatoms. The zero-order chi connectivity index (χ0) is 25.0. The summed E-state index contributed by atoms with van der Waals surface area (Å²) in [5, 5.41) is 9.20. The summed E-state index contributed by atoms with van der Waals surface area (Å²) >= 11 is 0. The van der Waals surface area contributed by atoms with Crippen LogP contribution in [0.2, 0.25) is 0 Å². The zero-order valence-corrected chi connectivity index (χ0v) is 22.0. The van der Waals surface area contributed by atoms with Crippen LogP contribution in [0.3, 0.4) is 0 Å². The van der Waals surface area contributed by atoms with Crippen LogP contribution < -0.4 is 16.2 Å². The number of carboxylic acids is 1. The molecule has 1 aromatic rings. The molecule has 4 aliphatic rings. The standard InChI is InChI=1S/C30H46N2O3/c1-18(4-11-28(33)34)23-8-9-24-22-7-5-19-16-21(35-27-10-6-20(31)17-26(27)32)12-14-29(19,2)25(22)13-15-30(23,24)3/h6,10,17-19,21-25H,4-5,7-9,11-16,31-32H2,1-3H3,(H,33,34)/t18-,19?,21?,22+,23-,24+,25+,29+,30-/m1/s1. The monoisotopic (exact) mass is 482 g/mol. The van der Waals surface area contributed by atoms with Crippen LogP contribution in [0.1, 0.15) is 91.4 Å². The number of nitrogen functional groups attached to an aromatic ring is 2. The highest BCUT2D eigenvalue weighted by Crippen LogP contribution is 2.68. The molecular formula is C30H46N2O3. The minimum Gasteiger partial charge on any atom is -0.488 e. The molecule has 5 nitrogen and oxygen atoms in total. The fourth-order valence-corrected chi connectivity index (χ4v) is 9.71. The van der Waals surface area contributed by atoms with E-state index in [0.717, 1.165) is 48.7 Å². The number of fused-ring (bicyclic) bond motifs is 5. The summed E-state index contributed by atoms with van der Waals surface area (Å²) in [6, 6.07) is 5.59. The summed E-state index contributed by atoms with van der Waals surface area (Å²) in [5.74, 6) is 4.56. The smallest absolute Gasteiger partial charge is 0.303 e. The fraction of sp³-hybridized carbons (Fsp3) is 0.767. The Balaban J connectivity index is 1.26. The van der Waals surface area contributed by atoms with Gasteiger partial charge in [-0.25, -0.2) is 0 Å². The number of rotatable bonds is 6. The van der Waals surface area contributed by atoms with Crippen molar-refractivity contribution >= 4 is 17.3 Å². The summed E-state index contributed by atoms with van der Waals surface area (Å²) in [6.45, 7) is 7.49. The first kappa shape index (κ1) is 24.8. The van der Waals surface area contributed by atoms with E-state index in [0.29, 0.717) is 40.5 Å². The van der Waals surface area contributed by atoms with Gasteiger partial charge in [0.05, 0.1) is 11.8 Å². The largest absolute Gasteiger partial charge is 0.488 e. The number of nitrogens with two attached hydrogens (primary N) is 2. The molecule has 4 fully saturated rings. The third-order valence-corrected chi connectivity index (χ3v) is 11.5. The highest BCUT2D eigenvalue weighted by molar-refractivity contribution is 5.66. The number of ether oxygens (including phenoxy) is 1. The molecule has 0 aliphatic heterocycles. The number of carboxylic acid groups (broad SMARTS) is 1. The molecule has 5 N–H and O–H groups in total. The van der Waals surface area contributed by atoms with Crippen LogP contribution in [0.5, 0.6) is 5.75 Å². The number of hydrogen-bond donors (Lipinski definition) is 3. The summed E-state index contributed by atoms with van der Waals surface area (Å²) < 4.78 is 6.41. The van der Waals surface area contributed by atoms with Crippen LogP contribution in [0.25, 0.3) is 0 Å². The Morgan fingerprint density at radius 2 is 1.80 bits per heavy atom. The number of benzene rings is 1. The molecule has 2 unspecified atom stereocenters. The van der Waals surface area contributed by atoms with Crippen molar-refractivity contribution < 1.29 is 14.6 Å². The lowest BCUT2D eigenvalue weighted by Gasteiger charge is -2.61. The van der Waals surface area contributed by atoms with E-state index in [2.05, 4.69) is 20.8 Å². The van der Waals surface area contributed by atoms with E-state index in [-0.39, 0.29) is 6.10 Å². The molecule has 0 bridgehead atoms. The number of anilines is 2. The maximum absolute atomic E-state index is 11.2. The Hall–Kier alpha value is -1.91. The fourth-order valence-electron chi connectivity index (χ4n) is 9.71. The van der Waals surface area contributed by atoms with Crippen molar-refractivity contribution in [2.24, 2.45) is 46.3 Å². The van der Waals surface area contributed by atoms with Crippen molar-refractivity contribution in [1.82, 2.24) is 0 Å². The summed E-state index contributed by atoms with van der Waals surface area (Å²) in [5.41, 5.74) is 14.2. The predicted molar refractivity (Wildman–Crippen MR) is 141 cm³/mol. The van der Waals surface area contributed by atoms with Gasteiger partial charge in [0.15, 0.2) is 0 Å². The summed E-state index contributed by atoms with van der Waals surface area (Å²) in [4.78, 5) is 11.2. The lowest BCUT2D eigenvalue weighted by molar-refractivity contribution is -0.138. The molecule has 9 atom stereocenters. The van der Waals surface area contributed by atoms with Gasteiger partial charge in [-0.1, -0.05) is 20.8 Å². The first-order valence-electron chi connectivity index (χ1n) is 14.1. The van der Waals surface area contributed by atoms with Crippen LogP contribution >= 0.6 is 0 Å². The third kappa shape index (κ3) is 4.31. The molecular weight excluding hydrogens is 436 g/mol. The molecule has 0 aromatic heterocycles. The molecule has 4 saturated carbocycles. The zero-order valence-electron chi connectivity index (χ0n) is 22.0. The van der Waals surface area contributed by atoms with Crippen molar-refractivity contribution in [2.45, 2.75) is 97.5 Å². The van der Waals surface area contributed by atoms with Crippen molar-refractivity contribution in [3.05, 3.63) is 18.2 Å². The van der Waals surface area contributed by atoms with Gasteiger partial charge in [-0.15, -0.1) is 0 Å². The van der Waals surface area contributed by atoms with E-state index in [1.165, 1.54) is 44.9 Å². The molecule has 194 valence electrons. The van der Waals surface area contributed by atoms with E-state index in [9.17, 15) is 9.90 Å². The molecule has 0 saturated heterocycles. The second-order valence-corrected chi connectivity index (χ2v) is 13.1. The topological polar surface area (TPSA) is 98.6 Å². The number of hydrogen-bond acceptors (Lipinski definition) is 4. The van der Waals surface area contributed by atoms with Crippen molar-refractivity contribution in [3.8, 4) is 5.75 Å². The second kappa shape index (κ2) is 9.19. The van der Waals surface area contributed by atoms with Gasteiger partial charge in [0.2, 0.25) is 0 Å². The van der Waals surface area contributed by atoms with Gasteiger partial charge in [-0.05, 0) is 129 Å². The van der Waals surface area contributed by atoms with Gasteiger partial charge < -0.3 is 21.3 Å². The van der Waals surface area contributed by atoms with Crippen LogP contribution in [-0.4, -0.2) is 17.2 Å². The Kier molecular flexibility index (Phi) is 6.51. The molecule has 35 heavy (non-hydrogen) atoms. The summed E-state index contributed by atoms with van der Waals surface area (Å²) in [6.07, 6.45) is 12.9. The van der Waals surface area contributed by atoms with E-state index in [1.54, 1.807) is 6.07 Å². The average Bonchev–Trinajstić information content (AvgIpc) is 3.17. The molecule has 5 rings (SSSR count). The summed E-state index contributed by atoms with van der Waals surface area (Å²) in [7, 11) is 0. The predicted octanol–water partition coefficient (Wildman–Crippen LogP) is 6.76. The molecule has 0 radical (unpaired) electrons. The molecule has 4 aliphatic carbocycles. The lowest BCUT2D eigenvalue weighted by Crippen LogP contribution is -2.54. The Labute approximate surface area is 211 Å². The van der Waals surface area contributed by atoms with Gasteiger partial charge >= 0.3 is 5.97 Å². The van der Waals surface area contributed by atoms with E-state index in [4.69, 9.17) is 16.2 Å². The maximum Gasteiger partial charge on any atom is 0.303 e. The Morgan fingerprint density at radius 1 is 1.06 bits per heavy atom. The SMILES string of the molecule is C[C@H](CCC(=O)O)[C@H]1CC[C@H]2[C@@H]3CCC4CC(Oc5ccc(N)cc5N)CC[C@]4(C)[C@H]3CC[C@]12C. The minimum atomic E-state index is -0.648. The maximum atomic E-state index is 11.2. The first-order chi connectivity index (χ1) is 16.6.